The van der Waals surface area contributed by atoms with Gasteiger partial charge in [0.25, 0.3) is 0 Å². The van der Waals surface area contributed by atoms with E-state index in [0.29, 0.717) is 18.8 Å². The van der Waals surface area contributed by atoms with Crippen molar-refractivity contribution in [1.82, 2.24) is 14.9 Å². The van der Waals surface area contributed by atoms with E-state index in [9.17, 15) is 9.59 Å². The summed E-state index contributed by atoms with van der Waals surface area (Å²) in [6.07, 6.45) is 0.312. The Morgan fingerprint density at radius 2 is 2.04 bits per heavy atom. The van der Waals surface area contributed by atoms with Crippen LogP contribution in [0.5, 0.6) is 0 Å². The normalized spacial score (nSPS) is 18.8. The maximum atomic E-state index is 12.6. The van der Waals surface area contributed by atoms with Crippen molar-refractivity contribution < 1.29 is 19.1 Å². The van der Waals surface area contributed by atoms with Crippen LogP contribution in [0.25, 0.3) is 11.0 Å². The molecule has 0 bridgehead atoms. The van der Waals surface area contributed by atoms with Crippen LogP contribution in [0.4, 0.5) is 4.79 Å². The first-order valence-corrected chi connectivity index (χ1v) is 8.89. The van der Waals surface area contributed by atoms with Gasteiger partial charge in [-0.25, -0.2) is 14.6 Å². The van der Waals surface area contributed by atoms with Crippen molar-refractivity contribution in [3.8, 4) is 0 Å². The molecule has 1 aromatic heterocycles. The highest BCUT2D eigenvalue weighted by molar-refractivity contribution is 5.82. The van der Waals surface area contributed by atoms with Crippen LogP contribution in [0.2, 0.25) is 0 Å². The Hall–Kier alpha value is -2.57. The van der Waals surface area contributed by atoms with Gasteiger partial charge in [0.1, 0.15) is 17.5 Å². The molecule has 7 nitrogen and oxygen atoms in total. The fourth-order valence-corrected chi connectivity index (χ4v) is 3.02. The largest absolute Gasteiger partial charge is 0.453 e. The molecule has 0 saturated carbocycles. The summed E-state index contributed by atoms with van der Waals surface area (Å²) in [5, 5.41) is 0. The van der Waals surface area contributed by atoms with Gasteiger partial charge in [0.2, 0.25) is 0 Å². The number of esters is 1. The molecule has 2 aromatic rings. The molecule has 1 N–H and O–H groups in total. The number of imidazole rings is 1. The molecular weight excluding hydrogens is 334 g/mol. The van der Waals surface area contributed by atoms with Crippen molar-refractivity contribution in [2.75, 3.05) is 6.54 Å². The summed E-state index contributed by atoms with van der Waals surface area (Å²) in [5.74, 6) is 0.155. The Bertz CT molecular complexity index is 775. The number of para-hydroxylation sites is 2. The van der Waals surface area contributed by atoms with Crippen molar-refractivity contribution in [3.63, 3.8) is 0 Å². The number of hydrogen-bond donors (Lipinski definition) is 1. The van der Waals surface area contributed by atoms with Gasteiger partial charge in [0.05, 0.1) is 11.0 Å². The second-order valence-corrected chi connectivity index (χ2v) is 7.55. The summed E-state index contributed by atoms with van der Waals surface area (Å²) < 4.78 is 11.0. The first-order chi connectivity index (χ1) is 12.2. The summed E-state index contributed by atoms with van der Waals surface area (Å²) in [6, 6.07) is 7.02. The van der Waals surface area contributed by atoms with E-state index in [0.717, 1.165) is 17.5 Å². The van der Waals surface area contributed by atoms with Gasteiger partial charge in [-0.1, -0.05) is 12.1 Å². The van der Waals surface area contributed by atoms with Crippen LogP contribution in [0.1, 0.15) is 52.5 Å². The standard InChI is InChI=1S/C19H25N3O4/c1-12(16-20-13-8-5-6-9-14(13)21-16)25-17(23)15-10-7-11-22(15)18(24)26-19(2,3)4/h5-6,8-9,12,15H,7,10-11H2,1-4H3,(H,20,21)/t12?,15-/m0/s1. The van der Waals surface area contributed by atoms with E-state index < -0.39 is 29.8 Å². The average molecular weight is 359 g/mol. The molecule has 2 heterocycles. The highest BCUT2D eigenvalue weighted by Gasteiger charge is 2.38. The van der Waals surface area contributed by atoms with Gasteiger partial charge in [-0.2, -0.15) is 0 Å². The van der Waals surface area contributed by atoms with Crippen molar-refractivity contribution >= 4 is 23.1 Å². The molecule has 2 atom stereocenters. The van der Waals surface area contributed by atoms with E-state index in [-0.39, 0.29) is 0 Å². The average Bonchev–Trinajstić information content (AvgIpc) is 3.20. The lowest BCUT2D eigenvalue weighted by Gasteiger charge is -2.28. The number of nitrogens with zero attached hydrogens (tertiary/aromatic N) is 2. The predicted molar refractivity (Wildman–Crippen MR) is 96.6 cm³/mol. The molecule has 1 aliphatic heterocycles. The van der Waals surface area contributed by atoms with E-state index in [1.807, 2.05) is 24.3 Å². The molecule has 0 radical (unpaired) electrons. The van der Waals surface area contributed by atoms with Crippen LogP contribution in [0, 0.1) is 0 Å². The van der Waals surface area contributed by atoms with E-state index >= 15 is 0 Å². The summed E-state index contributed by atoms with van der Waals surface area (Å²) in [4.78, 5) is 34.0. The van der Waals surface area contributed by atoms with Crippen LogP contribution in [0.15, 0.2) is 24.3 Å². The Morgan fingerprint density at radius 1 is 1.31 bits per heavy atom. The molecule has 26 heavy (non-hydrogen) atoms. The van der Waals surface area contributed by atoms with Crippen LogP contribution in [-0.2, 0) is 14.3 Å². The fourth-order valence-electron chi connectivity index (χ4n) is 3.02. The number of fused-ring (bicyclic) bond motifs is 1. The van der Waals surface area contributed by atoms with Gasteiger partial charge in [-0.05, 0) is 52.7 Å². The second kappa shape index (κ2) is 6.97. The number of aromatic amines is 1. The third-order valence-corrected chi connectivity index (χ3v) is 4.24. The quantitative estimate of drug-likeness (QED) is 0.847. The zero-order valence-electron chi connectivity index (χ0n) is 15.6. The Labute approximate surface area is 152 Å². The van der Waals surface area contributed by atoms with Crippen LogP contribution < -0.4 is 0 Å². The molecule has 1 saturated heterocycles. The number of rotatable bonds is 3. The number of hydrogen-bond acceptors (Lipinski definition) is 5. The van der Waals surface area contributed by atoms with Gasteiger partial charge in [-0.3, -0.25) is 4.90 Å². The summed E-state index contributed by atoms with van der Waals surface area (Å²) in [5.41, 5.74) is 1.11. The lowest BCUT2D eigenvalue weighted by atomic mass is 10.2. The van der Waals surface area contributed by atoms with Crippen molar-refractivity contribution in [2.45, 2.75) is 58.3 Å². The van der Waals surface area contributed by atoms with Crippen molar-refractivity contribution in [2.24, 2.45) is 0 Å². The number of amides is 1. The summed E-state index contributed by atoms with van der Waals surface area (Å²) in [6.45, 7) is 7.67. The number of aromatic nitrogens is 2. The molecule has 1 fully saturated rings. The summed E-state index contributed by atoms with van der Waals surface area (Å²) in [7, 11) is 0. The van der Waals surface area contributed by atoms with Crippen LogP contribution in [-0.4, -0.2) is 45.1 Å². The molecular formula is C19H25N3O4. The zero-order chi connectivity index (χ0) is 18.9. The van der Waals surface area contributed by atoms with E-state index in [2.05, 4.69) is 9.97 Å². The van der Waals surface area contributed by atoms with Gasteiger partial charge >= 0.3 is 12.1 Å². The van der Waals surface area contributed by atoms with E-state index in [4.69, 9.17) is 9.47 Å². The number of carbonyl (C=O) groups is 2. The molecule has 1 unspecified atom stereocenters. The maximum absolute atomic E-state index is 12.6. The third kappa shape index (κ3) is 3.98. The number of ether oxygens (including phenoxy) is 2. The molecule has 1 aliphatic rings. The molecule has 1 amide bonds. The topological polar surface area (TPSA) is 84.5 Å². The number of likely N-dealkylation sites (tertiary alicyclic amines) is 1. The van der Waals surface area contributed by atoms with Crippen molar-refractivity contribution in [3.05, 3.63) is 30.1 Å². The SMILES string of the molecule is CC(OC(=O)[C@@H]1CCCN1C(=O)OC(C)(C)C)c1nc2ccccc2[nH]1. The number of nitrogens with one attached hydrogen (secondary N) is 1. The predicted octanol–water partition coefficient (Wildman–Crippen LogP) is 3.57. The smallest absolute Gasteiger partial charge is 0.411 e. The second-order valence-electron chi connectivity index (χ2n) is 7.55. The molecule has 1 aromatic carbocycles. The first kappa shape index (κ1) is 18.2. The molecule has 140 valence electrons. The molecule has 7 heteroatoms. The van der Waals surface area contributed by atoms with E-state index in [1.54, 1.807) is 27.7 Å². The van der Waals surface area contributed by atoms with Gasteiger partial charge < -0.3 is 14.5 Å². The number of H-pyrrole nitrogens is 1. The van der Waals surface area contributed by atoms with Gasteiger partial charge in [0.15, 0.2) is 6.10 Å². The summed E-state index contributed by atoms with van der Waals surface area (Å²) >= 11 is 0. The highest BCUT2D eigenvalue weighted by atomic mass is 16.6. The highest BCUT2D eigenvalue weighted by Crippen LogP contribution is 2.25. The van der Waals surface area contributed by atoms with Crippen LogP contribution in [0.3, 0.4) is 0 Å². The Morgan fingerprint density at radius 3 is 2.73 bits per heavy atom. The van der Waals surface area contributed by atoms with Gasteiger partial charge in [-0.15, -0.1) is 0 Å². The number of carbonyl (C=O) groups excluding carboxylic acids is 2. The zero-order valence-corrected chi connectivity index (χ0v) is 15.6. The Balaban J connectivity index is 1.67. The first-order valence-electron chi connectivity index (χ1n) is 8.89. The van der Waals surface area contributed by atoms with Crippen molar-refractivity contribution in [1.29, 1.82) is 0 Å². The molecule has 3 rings (SSSR count). The lowest BCUT2D eigenvalue weighted by molar-refractivity contribution is -0.154. The Kier molecular flexibility index (Phi) is 4.89. The fraction of sp³-hybridized carbons (Fsp3) is 0.526. The molecule has 0 aliphatic carbocycles. The van der Waals surface area contributed by atoms with Crippen LogP contribution >= 0.6 is 0 Å². The lowest BCUT2D eigenvalue weighted by Crippen LogP contribution is -2.44. The minimum atomic E-state index is -0.614. The number of benzene rings is 1. The molecule has 0 spiro atoms. The van der Waals surface area contributed by atoms with Gasteiger partial charge in [0, 0.05) is 6.54 Å². The minimum Gasteiger partial charge on any atom is -0.453 e. The third-order valence-electron chi connectivity index (χ3n) is 4.24. The maximum Gasteiger partial charge on any atom is 0.411 e. The van der Waals surface area contributed by atoms with E-state index in [1.165, 1.54) is 4.90 Å². The monoisotopic (exact) mass is 359 g/mol. The minimum absolute atomic E-state index is 0.429.